The Morgan fingerprint density at radius 3 is 1.69 bits per heavy atom. The Morgan fingerprint density at radius 2 is 1.22 bits per heavy atom. The summed E-state index contributed by atoms with van der Waals surface area (Å²) >= 11 is 0. The van der Waals surface area contributed by atoms with Crippen LogP contribution < -0.4 is 0 Å². The van der Waals surface area contributed by atoms with Gasteiger partial charge < -0.3 is 19.7 Å². The van der Waals surface area contributed by atoms with Gasteiger partial charge in [-0.15, -0.1) is 0 Å². The maximum absolute atomic E-state index is 12.7. The molecule has 0 fully saturated rings. The van der Waals surface area contributed by atoms with E-state index in [0.717, 1.165) is 17.2 Å². The molecule has 0 unspecified atom stereocenters. The molecule has 0 saturated heterocycles. The number of esters is 2. The zero-order valence-electron chi connectivity index (χ0n) is 17.6. The van der Waals surface area contributed by atoms with Gasteiger partial charge in [0, 0.05) is 18.9 Å². The highest BCUT2D eigenvalue weighted by atomic mass is 16.6. The van der Waals surface area contributed by atoms with Crippen LogP contribution in [0.25, 0.3) is 0 Å². The molecule has 0 bridgehead atoms. The molecule has 6 nitrogen and oxygen atoms in total. The van der Waals surface area contributed by atoms with E-state index in [9.17, 15) is 19.8 Å². The number of benzene rings is 3. The minimum Gasteiger partial charge on any atom is -0.508 e. The van der Waals surface area contributed by atoms with Crippen molar-refractivity contribution in [2.24, 2.45) is 5.92 Å². The normalized spacial score (nSPS) is 10.7. The summed E-state index contributed by atoms with van der Waals surface area (Å²) in [5.74, 6) is -2.96. The minimum atomic E-state index is -1.23. The predicted octanol–water partition coefficient (Wildman–Crippen LogP) is 3.83. The van der Waals surface area contributed by atoms with Gasteiger partial charge in [0.15, 0.2) is 5.92 Å². The maximum atomic E-state index is 12.7. The number of hydrogen-bond acceptors (Lipinski definition) is 6. The third-order valence-corrected chi connectivity index (χ3v) is 5.02. The van der Waals surface area contributed by atoms with Gasteiger partial charge >= 0.3 is 11.9 Å². The zero-order chi connectivity index (χ0) is 22.8. The van der Waals surface area contributed by atoms with Crippen LogP contribution in [0.1, 0.15) is 16.7 Å². The molecular weight excluding hydrogens is 408 g/mol. The van der Waals surface area contributed by atoms with Crippen LogP contribution in [0.3, 0.4) is 0 Å². The largest absolute Gasteiger partial charge is 0.508 e. The fourth-order valence-electron chi connectivity index (χ4n) is 3.24. The van der Waals surface area contributed by atoms with E-state index in [-0.39, 0.29) is 31.1 Å². The molecule has 32 heavy (non-hydrogen) atoms. The van der Waals surface area contributed by atoms with Crippen molar-refractivity contribution in [1.82, 2.24) is 0 Å². The molecule has 0 heterocycles. The third kappa shape index (κ3) is 6.87. The van der Waals surface area contributed by atoms with E-state index in [1.165, 1.54) is 12.1 Å². The molecule has 6 heteroatoms. The lowest BCUT2D eigenvalue weighted by Crippen LogP contribution is -2.31. The molecule has 0 aliphatic carbocycles. The van der Waals surface area contributed by atoms with Crippen LogP contribution in [0.4, 0.5) is 0 Å². The van der Waals surface area contributed by atoms with Crippen molar-refractivity contribution in [2.75, 3.05) is 13.2 Å². The summed E-state index contributed by atoms with van der Waals surface area (Å²) in [6.07, 6.45) is 0.945. The lowest BCUT2D eigenvalue weighted by atomic mass is 9.98. The molecule has 0 atom stereocenters. The summed E-state index contributed by atoms with van der Waals surface area (Å²) in [6.45, 7) is 0.246. The molecule has 0 amide bonds. The molecule has 3 rings (SSSR count). The number of ether oxygens (including phenoxy) is 2. The first-order valence-electron chi connectivity index (χ1n) is 10.4. The summed E-state index contributed by atoms with van der Waals surface area (Å²) in [5.41, 5.74) is 2.37. The van der Waals surface area contributed by atoms with Crippen LogP contribution in [-0.2, 0) is 38.3 Å². The Balaban J connectivity index is 1.63. The van der Waals surface area contributed by atoms with Gasteiger partial charge in [0.1, 0.15) is 11.5 Å². The van der Waals surface area contributed by atoms with Gasteiger partial charge in [-0.2, -0.15) is 0 Å². The minimum absolute atomic E-state index is 0.0968. The Morgan fingerprint density at radius 1 is 0.719 bits per heavy atom. The fraction of sp³-hybridized carbons (Fsp3) is 0.231. The molecule has 0 aliphatic rings. The van der Waals surface area contributed by atoms with E-state index in [0.29, 0.717) is 18.4 Å². The average molecular weight is 434 g/mol. The van der Waals surface area contributed by atoms with E-state index in [1.807, 2.05) is 60.7 Å². The molecule has 0 aromatic heterocycles. The van der Waals surface area contributed by atoms with Gasteiger partial charge in [-0.25, -0.2) is 0 Å². The van der Waals surface area contributed by atoms with Gasteiger partial charge in [0.05, 0.1) is 13.2 Å². The second kappa shape index (κ2) is 11.6. The fourth-order valence-corrected chi connectivity index (χ4v) is 3.24. The van der Waals surface area contributed by atoms with Crippen molar-refractivity contribution in [1.29, 1.82) is 0 Å². The third-order valence-electron chi connectivity index (χ3n) is 5.02. The van der Waals surface area contributed by atoms with Crippen molar-refractivity contribution in [2.45, 2.75) is 19.3 Å². The number of aromatic hydroxyl groups is 2. The monoisotopic (exact) mass is 434 g/mol. The number of rotatable bonds is 10. The van der Waals surface area contributed by atoms with E-state index in [1.54, 1.807) is 0 Å². The van der Waals surface area contributed by atoms with Crippen molar-refractivity contribution in [3.05, 3.63) is 95.6 Å². The van der Waals surface area contributed by atoms with Gasteiger partial charge in [-0.05, 0) is 29.2 Å². The van der Waals surface area contributed by atoms with E-state index in [2.05, 4.69) is 0 Å². The zero-order valence-corrected chi connectivity index (χ0v) is 17.6. The Labute approximate surface area is 187 Å². The lowest BCUT2D eigenvalue weighted by Gasteiger charge is -2.16. The molecule has 0 aliphatic heterocycles. The SMILES string of the molecule is O=C(OCCc1ccccc1)C(Cc1ccc(O)cc1O)C(=O)OCCc1ccccc1. The highest BCUT2D eigenvalue weighted by molar-refractivity contribution is 5.95. The van der Waals surface area contributed by atoms with E-state index in [4.69, 9.17) is 9.47 Å². The first-order valence-corrected chi connectivity index (χ1v) is 10.4. The van der Waals surface area contributed by atoms with Gasteiger partial charge in [-0.1, -0.05) is 66.7 Å². The molecule has 0 saturated carbocycles. The van der Waals surface area contributed by atoms with Gasteiger partial charge in [0.2, 0.25) is 0 Å². The Hall–Kier alpha value is -3.80. The van der Waals surface area contributed by atoms with Crippen LogP contribution in [0.5, 0.6) is 11.5 Å². The highest BCUT2D eigenvalue weighted by Crippen LogP contribution is 2.26. The van der Waals surface area contributed by atoms with E-state index < -0.39 is 17.9 Å². The topological polar surface area (TPSA) is 93.1 Å². The second-order valence-corrected chi connectivity index (χ2v) is 7.38. The summed E-state index contributed by atoms with van der Waals surface area (Å²) in [6, 6.07) is 23.1. The molecule has 3 aromatic carbocycles. The van der Waals surface area contributed by atoms with Crippen molar-refractivity contribution >= 4 is 11.9 Å². The van der Waals surface area contributed by atoms with E-state index >= 15 is 0 Å². The van der Waals surface area contributed by atoms with Crippen molar-refractivity contribution in [3.8, 4) is 11.5 Å². The molecular formula is C26H26O6. The highest BCUT2D eigenvalue weighted by Gasteiger charge is 2.31. The van der Waals surface area contributed by atoms with Crippen LogP contribution in [-0.4, -0.2) is 35.4 Å². The summed E-state index contributed by atoms with van der Waals surface area (Å²) in [7, 11) is 0. The van der Waals surface area contributed by atoms with Gasteiger partial charge in [-0.3, -0.25) is 9.59 Å². The standard InChI is InChI=1S/C26H26O6/c27-22-12-11-21(24(28)18-22)17-23(25(29)31-15-13-19-7-3-1-4-8-19)26(30)32-16-14-20-9-5-2-6-10-20/h1-12,18,23,27-28H,13-17H2. The summed E-state index contributed by atoms with van der Waals surface area (Å²) in [5, 5.41) is 19.6. The van der Waals surface area contributed by atoms with Crippen LogP contribution in [0.15, 0.2) is 78.9 Å². The molecule has 3 aromatic rings. The smallest absolute Gasteiger partial charge is 0.320 e. The number of phenolic OH excluding ortho intramolecular Hbond substituents is 2. The second-order valence-electron chi connectivity index (χ2n) is 7.38. The quantitative estimate of drug-likeness (QED) is 0.372. The first-order chi connectivity index (χ1) is 15.5. The summed E-state index contributed by atoms with van der Waals surface area (Å²) in [4.78, 5) is 25.5. The Kier molecular flexibility index (Phi) is 8.26. The maximum Gasteiger partial charge on any atom is 0.320 e. The first kappa shape index (κ1) is 22.9. The summed E-state index contributed by atoms with van der Waals surface area (Å²) < 4.78 is 10.7. The lowest BCUT2D eigenvalue weighted by molar-refractivity contribution is -0.162. The molecule has 0 radical (unpaired) electrons. The number of carbonyl (C=O) groups excluding carboxylic acids is 2. The molecule has 0 spiro atoms. The predicted molar refractivity (Wildman–Crippen MR) is 119 cm³/mol. The van der Waals surface area contributed by atoms with Crippen LogP contribution in [0, 0.1) is 5.92 Å². The average Bonchev–Trinajstić information content (AvgIpc) is 2.80. The number of phenols is 2. The van der Waals surface area contributed by atoms with Crippen LogP contribution in [0.2, 0.25) is 0 Å². The van der Waals surface area contributed by atoms with Crippen LogP contribution >= 0.6 is 0 Å². The number of carbonyl (C=O) groups is 2. The van der Waals surface area contributed by atoms with Gasteiger partial charge in [0.25, 0.3) is 0 Å². The van der Waals surface area contributed by atoms with Crippen molar-refractivity contribution in [3.63, 3.8) is 0 Å². The van der Waals surface area contributed by atoms with Crippen molar-refractivity contribution < 1.29 is 29.3 Å². The Bertz CT molecular complexity index is 960. The number of hydrogen-bond donors (Lipinski definition) is 2. The molecule has 166 valence electrons. The molecule has 2 N–H and O–H groups in total.